The van der Waals surface area contributed by atoms with E-state index in [9.17, 15) is 4.79 Å². The number of nitrogens with zero attached hydrogens (tertiary/aromatic N) is 2. The first kappa shape index (κ1) is 32.2. The van der Waals surface area contributed by atoms with Crippen LogP contribution in [-0.4, -0.2) is 77.0 Å². The van der Waals surface area contributed by atoms with Crippen molar-refractivity contribution < 1.29 is 23.7 Å². The maximum absolute atomic E-state index is 12.0. The van der Waals surface area contributed by atoms with Crippen molar-refractivity contribution in [1.29, 1.82) is 0 Å². The molecule has 1 N–H and O–H groups in total. The molecule has 8 nitrogen and oxygen atoms in total. The molecule has 230 valence electrons. The summed E-state index contributed by atoms with van der Waals surface area (Å²) in [6.45, 7) is 12.1. The zero-order valence-electron chi connectivity index (χ0n) is 26.2. The van der Waals surface area contributed by atoms with Crippen molar-refractivity contribution in [2.45, 2.75) is 39.7 Å². The topological polar surface area (TPSA) is 81.6 Å². The molecule has 1 aliphatic heterocycles. The van der Waals surface area contributed by atoms with Gasteiger partial charge in [-0.05, 0) is 74.2 Å². The number of hydrogen-bond acceptors (Lipinski definition) is 7. The van der Waals surface area contributed by atoms with E-state index in [0.717, 1.165) is 46.1 Å². The third kappa shape index (κ3) is 9.92. The quantitative estimate of drug-likeness (QED) is 0.208. The van der Waals surface area contributed by atoms with Gasteiger partial charge in [0.2, 0.25) is 5.91 Å². The van der Waals surface area contributed by atoms with Gasteiger partial charge in [-0.25, -0.2) is 4.99 Å². The van der Waals surface area contributed by atoms with Crippen LogP contribution in [0, 0.1) is 6.92 Å². The van der Waals surface area contributed by atoms with Gasteiger partial charge in [0.05, 0.1) is 44.2 Å². The summed E-state index contributed by atoms with van der Waals surface area (Å²) in [7, 11) is 2.07. The number of benzene rings is 3. The lowest BCUT2D eigenvalue weighted by Gasteiger charge is -2.23. The first-order valence-electron chi connectivity index (χ1n) is 15.0. The molecular weight excluding hydrogens is 542 g/mol. The van der Waals surface area contributed by atoms with Crippen molar-refractivity contribution in [3.8, 4) is 16.9 Å². The molecule has 8 heteroatoms. The average Bonchev–Trinajstić information content (AvgIpc) is 2.99. The van der Waals surface area contributed by atoms with Crippen LogP contribution >= 0.6 is 0 Å². The summed E-state index contributed by atoms with van der Waals surface area (Å²) in [5.74, 6) is 0.801. The molecule has 0 saturated heterocycles. The SMILES string of the molecule is CCOC(C)(C)CC(=O)NCCOCCOCCN(C)c1cccc(-c2ccc(C3=Nc4cc(C)ccc4OC3)cc2)c1. The fourth-order valence-corrected chi connectivity index (χ4v) is 4.89. The first-order valence-corrected chi connectivity index (χ1v) is 15.0. The van der Waals surface area contributed by atoms with Crippen LogP contribution in [0.3, 0.4) is 0 Å². The van der Waals surface area contributed by atoms with E-state index in [-0.39, 0.29) is 5.91 Å². The number of rotatable bonds is 16. The van der Waals surface area contributed by atoms with Crippen molar-refractivity contribution >= 4 is 23.0 Å². The van der Waals surface area contributed by atoms with Crippen molar-refractivity contribution in [2.75, 3.05) is 64.7 Å². The Bertz CT molecular complexity index is 1370. The summed E-state index contributed by atoms with van der Waals surface area (Å²) in [4.78, 5) is 19.1. The fourth-order valence-electron chi connectivity index (χ4n) is 4.89. The van der Waals surface area contributed by atoms with Crippen molar-refractivity contribution in [1.82, 2.24) is 5.32 Å². The second-order valence-corrected chi connectivity index (χ2v) is 11.3. The van der Waals surface area contributed by atoms with E-state index in [0.29, 0.717) is 52.6 Å². The van der Waals surface area contributed by atoms with Gasteiger partial charge < -0.3 is 29.2 Å². The lowest BCUT2D eigenvalue weighted by Crippen LogP contribution is -2.36. The van der Waals surface area contributed by atoms with Crippen molar-refractivity contribution in [3.05, 3.63) is 77.9 Å². The molecule has 43 heavy (non-hydrogen) atoms. The zero-order valence-corrected chi connectivity index (χ0v) is 26.2. The molecule has 3 aromatic carbocycles. The molecule has 1 amide bonds. The maximum atomic E-state index is 12.0. The Balaban J connectivity index is 1.16. The van der Waals surface area contributed by atoms with Crippen molar-refractivity contribution in [3.63, 3.8) is 0 Å². The monoisotopic (exact) mass is 587 g/mol. The molecule has 0 spiro atoms. The number of carbonyl (C=O) groups is 1. The van der Waals surface area contributed by atoms with Gasteiger partial charge in [0.15, 0.2) is 0 Å². The summed E-state index contributed by atoms with van der Waals surface area (Å²) >= 11 is 0. The van der Waals surface area contributed by atoms with Gasteiger partial charge in [-0.3, -0.25) is 4.79 Å². The second-order valence-electron chi connectivity index (χ2n) is 11.3. The summed E-state index contributed by atoms with van der Waals surface area (Å²) < 4.78 is 22.9. The van der Waals surface area contributed by atoms with Crippen LogP contribution < -0.4 is 15.0 Å². The molecule has 1 heterocycles. The molecule has 4 rings (SSSR count). The minimum atomic E-state index is -0.456. The molecular formula is C35H45N3O5. The number of aryl methyl sites for hydroxylation is 1. The predicted octanol–water partition coefficient (Wildman–Crippen LogP) is 5.97. The smallest absolute Gasteiger partial charge is 0.222 e. The number of likely N-dealkylation sites (N-methyl/N-ethyl adjacent to an activating group) is 1. The molecule has 0 radical (unpaired) electrons. The highest BCUT2D eigenvalue weighted by Crippen LogP contribution is 2.33. The van der Waals surface area contributed by atoms with Gasteiger partial charge in [-0.15, -0.1) is 0 Å². The van der Waals surface area contributed by atoms with E-state index in [1.54, 1.807) is 0 Å². The third-order valence-electron chi connectivity index (χ3n) is 7.21. The molecule has 1 aliphatic rings. The second kappa shape index (κ2) is 15.7. The van der Waals surface area contributed by atoms with E-state index < -0.39 is 5.60 Å². The van der Waals surface area contributed by atoms with Gasteiger partial charge in [-0.2, -0.15) is 0 Å². The summed E-state index contributed by atoms with van der Waals surface area (Å²) in [6, 6.07) is 23.1. The standard InChI is InChI=1S/C35H45N3O5/c1-6-43-35(3,4)24-34(39)36-16-18-40-20-21-41-19-17-38(5)30-9-7-8-29(23-30)27-11-13-28(14-12-27)32-25-42-33-15-10-26(2)22-31(33)37-32/h7-15,22-23H,6,16-21,24-25H2,1-5H3,(H,36,39). The van der Waals surface area contributed by atoms with Gasteiger partial charge in [-0.1, -0.05) is 42.5 Å². The Morgan fingerprint density at radius 3 is 2.47 bits per heavy atom. The minimum Gasteiger partial charge on any atom is -0.485 e. The summed E-state index contributed by atoms with van der Waals surface area (Å²) in [5, 5.41) is 2.87. The average molecular weight is 588 g/mol. The number of nitrogens with one attached hydrogen (secondary N) is 1. The van der Waals surface area contributed by atoms with E-state index in [4.69, 9.17) is 23.9 Å². The number of carbonyl (C=O) groups excluding carboxylic acids is 1. The Hall–Kier alpha value is -3.72. The van der Waals surface area contributed by atoms with E-state index in [1.165, 1.54) is 5.56 Å². The Morgan fingerprint density at radius 2 is 1.70 bits per heavy atom. The Morgan fingerprint density at radius 1 is 0.953 bits per heavy atom. The Kier molecular flexibility index (Phi) is 11.7. The number of hydrogen-bond donors (Lipinski definition) is 1. The largest absolute Gasteiger partial charge is 0.485 e. The third-order valence-corrected chi connectivity index (χ3v) is 7.21. The van der Waals surface area contributed by atoms with Gasteiger partial charge in [0, 0.05) is 32.4 Å². The molecule has 0 bridgehead atoms. The van der Waals surface area contributed by atoms with Crippen LogP contribution in [0.5, 0.6) is 5.75 Å². The molecule has 0 saturated carbocycles. The lowest BCUT2D eigenvalue weighted by atomic mass is 10.0. The van der Waals surface area contributed by atoms with Crippen LogP contribution in [0.25, 0.3) is 11.1 Å². The van der Waals surface area contributed by atoms with Crippen LogP contribution in [0.4, 0.5) is 11.4 Å². The number of fused-ring (bicyclic) bond motifs is 1. The first-order chi connectivity index (χ1) is 20.7. The van der Waals surface area contributed by atoms with Gasteiger partial charge >= 0.3 is 0 Å². The highest BCUT2D eigenvalue weighted by molar-refractivity contribution is 6.04. The molecule has 0 aliphatic carbocycles. The number of aliphatic imine (C=N–C) groups is 1. The molecule has 0 fully saturated rings. The van der Waals surface area contributed by atoms with Gasteiger partial charge in [0.1, 0.15) is 18.0 Å². The van der Waals surface area contributed by atoms with Crippen LogP contribution in [0.1, 0.15) is 38.3 Å². The normalized spacial score (nSPS) is 12.7. The van der Waals surface area contributed by atoms with Crippen LogP contribution in [-0.2, 0) is 19.0 Å². The molecule has 0 atom stereocenters. The van der Waals surface area contributed by atoms with E-state index in [1.807, 2.05) is 32.9 Å². The summed E-state index contributed by atoms with van der Waals surface area (Å²) in [6.07, 6.45) is 0.328. The van der Waals surface area contributed by atoms with Crippen molar-refractivity contribution in [2.24, 2.45) is 4.99 Å². The molecule has 3 aromatic rings. The molecule has 0 unspecified atom stereocenters. The minimum absolute atomic E-state index is 0.0338. The van der Waals surface area contributed by atoms with E-state index in [2.05, 4.69) is 78.8 Å². The predicted molar refractivity (Wildman–Crippen MR) is 173 cm³/mol. The zero-order chi connectivity index (χ0) is 30.7. The van der Waals surface area contributed by atoms with Gasteiger partial charge in [0.25, 0.3) is 0 Å². The number of ether oxygens (including phenoxy) is 4. The number of anilines is 1. The maximum Gasteiger partial charge on any atom is 0.222 e. The highest BCUT2D eigenvalue weighted by Gasteiger charge is 2.21. The Labute approximate surface area is 256 Å². The van der Waals surface area contributed by atoms with Crippen LogP contribution in [0.2, 0.25) is 0 Å². The molecule has 0 aromatic heterocycles. The lowest BCUT2D eigenvalue weighted by molar-refractivity contribution is -0.127. The number of amides is 1. The van der Waals surface area contributed by atoms with E-state index >= 15 is 0 Å². The van der Waals surface area contributed by atoms with Crippen LogP contribution in [0.15, 0.2) is 71.7 Å². The highest BCUT2D eigenvalue weighted by atomic mass is 16.5. The fraction of sp³-hybridized carbons (Fsp3) is 0.429. The summed E-state index contributed by atoms with van der Waals surface area (Å²) in [5.41, 5.74) is 7.03.